The Hall–Kier alpha value is -3.06. The molecule has 0 N–H and O–H groups in total. The number of amides is 2. The molecule has 2 amide bonds. The first-order valence-electron chi connectivity index (χ1n) is 9.74. The molecule has 0 saturated carbocycles. The van der Waals surface area contributed by atoms with Gasteiger partial charge in [0.1, 0.15) is 11.5 Å². The second kappa shape index (κ2) is 8.13. The van der Waals surface area contributed by atoms with Crippen molar-refractivity contribution in [2.24, 2.45) is 0 Å². The summed E-state index contributed by atoms with van der Waals surface area (Å²) in [5, 5.41) is 0. The van der Waals surface area contributed by atoms with Gasteiger partial charge in [0.15, 0.2) is 0 Å². The van der Waals surface area contributed by atoms with Gasteiger partial charge < -0.3 is 14.4 Å². The summed E-state index contributed by atoms with van der Waals surface area (Å²) in [6, 6.07) is 14.7. The van der Waals surface area contributed by atoms with Crippen LogP contribution in [0, 0.1) is 0 Å². The second-order valence-electron chi connectivity index (χ2n) is 7.21. The van der Waals surface area contributed by atoms with Crippen LogP contribution in [0.4, 0.5) is 11.4 Å². The van der Waals surface area contributed by atoms with Crippen molar-refractivity contribution in [2.45, 2.75) is 12.5 Å². The number of piperazine rings is 1. The molecule has 2 saturated heterocycles. The van der Waals surface area contributed by atoms with Gasteiger partial charge in [-0.25, -0.2) is 4.90 Å². The highest BCUT2D eigenvalue weighted by Crippen LogP contribution is 2.29. The number of carbonyl (C=O) groups is 2. The molecule has 2 aromatic rings. The molecule has 2 aliphatic rings. The summed E-state index contributed by atoms with van der Waals surface area (Å²) < 4.78 is 10.5. The topological polar surface area (TPSA) is 62.3 Å². The Morgan fingerprint density at radius 1 is 0.828 bits per heavy atom. The molecule has 2 aliphatic heterocycles. The summed E-state index contributed by atoms with van der Waals surface area (Å²) in [6.07, 6.45) is 0.217. The number of rotatable bonds is 5. The number of methoxy groups -OCH3 is 2. The molecule has 7 nitrogen and oxygen atoms in total. The van der Waals surface area contributed by atoms with E-state index in [-0.39, 0.29) is 18.2 Å². The van der Waals surface area contributed by atoms with Crippen molar-refractivity contribution < 1.29 is 19.1 Å². The molecule has 0 bridgehead atoms. The standard InChI is InChI=1S/C22H25N3O4/c1-28-18-7-3-5-16(13-18)23-9-11-24(12-10-23)20-15-21(26)25(22(20)27)17-6-4-8-19(14-17)29-2/h3-8,13-14,20H,9-12,15H2,1-2H3/t20-/m1/s1. The third kappa shape index (κ3) is 3.78. The first-order chi connectivity index (χ1) is 14.1. The van der Waals surface area contributed by atoms with E-state index in [0.717, 1.165) is 37.6 Å². The minimum atomic E-state index is -0.402. The summed E-state index contributed by atoms with van der Waals surface area (Å²) in [6.45, 7) is 3.05. The SMILES string of the molecule is COc1cccc(N2CCN([C@@H]3CC(=O)N(c4cccc(OC)c4)C3=O)CC2)c1. The van der Waals surface area contributed by atoms with Gasteiger partial charge in [0.05, 0.1) is 32.4 Å². The molecule has 0 unspecified atom stereocenters. The van der Waals surface area contributed by atoms with Gasteiger partial charge in [-0.3, -0.25) is 14.5 Å². The van der Waals surface area contributed by atoms with Crippen LogP contribution >= 0.6 is 0 Å². The van der Waals surface area contributed by atoms with Gasteiger partial charge in [-0.05, 0) is 24.3 Å². The van der Waals surface area contributed by atoms with Gasteiger partial charge in [0.25, 0.3) is 5.91 Å². The summed E-state index contributed by atoms with van der Waals surface area (Å²) >= 11 is 0. The zero-order valence-electron chi connectivity index (χ0n) is 16.7. The average molecular weight is 395 g/mol. The predicted octanol–water partition coefficient (Wildman–Crippen LogP) is 2.16. The fourth-order valence-electron chi connectivity index (χ4n) is 4.02. The van der Waals surface area contributed by atoms with Gasteiger partial charge in [0.2, 0.25) is 5.91 Å². The Balaban J connectivity index is 1.43. The fourth-order valence-corrected chi connectivity index (χ4v) is 4.02. The molecule has 0 radical (unpaired) electrons. The Kier molecular flexibility index (Phi) is 5.40. The zero-order chi connectivity index (χ0) is 20.4. The lowest BCUT2D eigenvalue weighted by Gasteiger charge is -2.38. The lowest BCUT2D eigenvalue weighted by atomic mass is 10.1. The molecule has 0 aliphatic carbocycles. The van der Waals surface area contributed by atoms with Crippen molar-refractivity contribution in [1.29, 1.82) is 0 Å². The van der Waals surface area contributed by atoms with E-state index in [1.807, 2.05) is 18.2 Å². The van der Waals surface area contributed by atoms with Crippen LogP contribution in [0.2, 0.25) is 0 Å². The third-order valence-corrected chi connectivity index (χ3v) is 5.61. The van der Waals surface area contributed by atoms with E-state index in [9.17, 15) is 9.59 Å². The van der Waals surface area contributed by atoms with Crippen molar-refractivity contribution in [2.75, 3.05) is 50.2 Å². The first kappa shape index (κ1) is 19.3. The van der Waals surface area contributed by atoms with E-state index in [2.05, 4.69) is 15.9 Å². The Morgan fingerprint density at radius 2 is 1.41 bits per heavy atom. The molecule has 0 aromatic heterocycles. The number of hydrogen-bond acceptors (Lipinski definition) is 6. The molecule has 0 spiro atoms. The molecule has 152 valence electrons. The van der Waals surface area contributed by atoms with Crippen LogP contribution in [0.15, 0.2) is 48.5 Å². The Labute approximate surface area is 170 Å². The maximum absolute atomic E-state index is 13.0. The lowest BCUT2D eigenvalue weighted by Crippen LogP contribution is -2.52. The maximum atomic E-state index is 13.0. The molecule has 2 aromatic carbocycles. The highest BCUT2D eigenvalue weighted by atomic mass is 16.5. The highest BCUT2D eigenvalue weighted by Gasteiger charge is 2.43. The Morgan fingerprint density at radius 3 is 2.03 bits per heavy atom. The van der Waals surface area contributed by atoms with Gasteiger partial charge in [-0.1, -0.05) is 12.1 Å². The number of nitrogens with zero attached hydrogens (tertiary/aromatic N) is 3. The number of hydrogen-bond donors (Lipinski definition) is 0. The molecular formula is C22H25N3O4. The van der Waals surface area contributed by atoms with Crippen LogP contribution in [-0.4, -0.2) is 63.2 Å². The minimum Gasteiger partial charge on any atom is -0.497 e. The summed E-state index contributed by atoms with van der Waals surface area (Å²) in [5.74, 6) is 1.13. The third-order valence-electron chi connectivity index (χ3n) is 5.61. The first-order valence-corrected chi connectivity index (χ1v) is 9.74. The zero-order valence-corrected chi connectivity index (χ0v) is 16.7. The highest BCUT2D eigenvalue weighted by molar-refractivity contribution is 6.22. The molecule has 4 rings (SSSR count). The minimum absolute atomic E-state index is 0.155. The Bertz CT molecular complexity index is 908. The van der Waals surface area contributed by atoms with Crippen molar-refractivity contribution in [3.8, 4) is 11.5 Å². The molecule has 1 atom stereocenters. The maximum Gasteiger partial charge on any atom is 0.251 e. The van der Waals surface area contributed by atoms with E-state index >= 15 is 0 Å². The quantitative estimate of drug-likeness (QED) is 0.723. The average Bonchev–Trinajstić information content (AvgIpc) is 3.07. The molecule has 2 heterocycles. The van der Waals surface area contributed by atoms with E-state index in [4.69, 9.17) is 9.47 Å². The van der Waals surface area contributed by atoms with Gasteiger partial charge in [-0.15, -0.1) is 0 Å². The van der Waals surface area contributed by atoms with E-state index in [1.54, 1.807) is 38.5 Å². The van der Waals surface area contributed by atoms with Crippen molar-refractivity contribution >= 4 is 23.2 Å². The number of ether oxygens (including phenoxy) is 2. The number of carbonyl (C=O) groups excluding carboxylic acids is 2. The molecule has 29 heavy (non-hydrogen) atoms. The summed E-state index contributed by atoms with van der Waals surface area (Å²) in [5.41, 5.74) is 1.67. The van der Waals surface area contributed by atoms with Gasteiger partial charge in [-0.2, -0.15) is 0 Å². The van der Waals surface area contributed by atoms with Gasteiger partial charge in [0, 0.05) is 44.0 Å². The van der Waals surface area contributed by atoms with E-state index in [1.165, 1.54) is 4.90 Å². The molecule has 7 heteroatoms. The largest absolute Gasteiger partial charge is 0.497 e. The monoisotopic (exact) mass is 395 g/mol. The van der Waals surface area contributed by atoms with Crippen LogP contribution < -0.4 is 19.3 Å². The summed E-state index contributed by atoms with van der Waals surface area (Å²) in [7, 11) is 3.23. The second-order valence-corrected chi connectivity index (χ2v) is 7.21. The van der Waals surface area contributed by atoms with Crippen molar-refractivity contribution in [1.82, 2.24) is 4.90 Å². The smallest absolute Gasteiger partial charge is 0.251 e. The molecular weight excluding hydrogens is 370 g/mol. The van der Waals surface area contributed by atoms with Crippen LogP contribution in [0.3, 0.4) is 0 Å². The number of anilines is 2. The fraction of sp³-hybridized carbons (Fsp3) is 0.364. The number of imide groups is 1. The predicted molar refractivity (Wildman–Crippen MR) is 111 cm³/mol. The summed E-state index contributed by atoms with van der Waals surface area (Å²) in [4.78, 5) is 31.3. The van der Waals surface area contributed by atoms with E-state index in [0.29, 0.717) is 11.4 Å². The van der Waals surface area contributed by atoms with Crippen LogP contribution in [0.5, 0.6) is 11.5 Å². The van der Waals surface area contributed by atoms with Gasteiger partial charge >= 0.3 is 0 Å². The van der Waals surface area contributed by atoms with Crippen molar-refractivity contribution in [3.63, 3.8) is 0 Å². The lowest BCUT2D eigenvalue weighted by molar-refractivity contribution is -0.123. The van der Waals surface area contributed by atoms with Crippen LogP contribution in [0.25, 0.3) is 0 Å². The number of benzene rings is 2. The van der Waals surface area contributed by atoms with E-state index < -0.39 is 6.04 Å². The normalized spacial score (nSPS) is 20.3. The van der Waals surface area contributed by atoms with Crippen LogP contribution in [-0.2, 0) is 9.59 Å². The molecule has 2 fully saturated rings. The van der Waals surface area contributed by atoms with Crippen LogP contribution in [0.1, 0.15) is 6.42 Å². The van der Waals surface area contributed by atoms with Crippen molar-refractivity contribution in [3.05, 3.63) is 48.5 Å².